The Bertz CT molecular complexity index is 422. The third-order valence-corrected chi connectivity index (χ3v) is 2.66. The minimum Gasteiger partial charge on any atom is -0.393 e. The molecule has 19 heavy (non-hydrogen) atoms. The number of aliphatic hydroxyl groups excluding tert-OH is 1. The zero-order valence-electron chi connectivity index (χ0n) is 11.3. The third-order valence-electron chi connectivity index (χ3n) is 2.66. The highest BCUT2D eigenvalue weighted by atomic mass is 16.6. The maximum atomic E-state index is 11.2. The van der Waals surface area contributed by atoms with Crippen molar-refractivity contribution in [2.45, 2.75) is 32.8 Å². The van der Waals surface area contributed by atoms with Crippen molar-refractivity contribution < 1.29 is 10.0 Å². The first kappa shape index (κ1) is 15.2. The highest BCUT2D eigenvalue weighted by molar-refractivity contribution is 5.76. The van der Waals surface area contributed by atoms with Crippen LogP contribution in [-0.4, -0.2) is 29.2 Å². The summed E-state index contributed by atoms with van der Waals surface area (Å²) in [6.07, 6.45) is 1.02. The van der Waals surface area contributed by atoms with E-state index in [0.717, 1.165) is 6.42 Å². The van der Waals surface area contributed by atoms with E-state index in [-0.39, 0.29) is 10.6 Å². The predicted octanol–water partition coefficient (Wildman–Crippen LogP) is 2.60. The van der Waals surface area contributed by atoms with E-state index in [2.05, 4.69) is 10.6 Å². The summed E-state index contributed by atoms with van der Waals surface area (Å²) in [7, 11) is 0. The second-order valence-electron chi connectivity index (χ2n) is 4.45. The van der Waals surface area contributed by atoms with Gasteiger partial charge in [-0.2, -0.15) is 0 Å². The summed E-state index contributed by atoms with van der Waals surface area (Å²) in [5.41, 5.74) is 1.06. The average molecular weight is 267 g/mol. The van der Waals surface area contributed by atoms with Gasteiger partial charge < -0.3 is 15.7 Å². The molecule has 0 saturated carbocycles. The van der Waals surface area contributed by atoms with E-state index in [1.54, 1.807) is 25.1 Å². The summed E-state index contributed by atoms with van der Waals surface area (Å²) in [4.78, 5) is 10.8. The number of nitrogens with zero attached hydrogens (tertiary/aromatic N) is 1. The maximum absolute atomic E-state index is 11.2. The number of para-hydroxylation sites is 1. The van der Waals surface area contributed by atoms with Crippen molar-refractivity contribution >= 4 is 17.1 Å². The Kier molecular flexibility index (Phi) is 6.08. The highest BCUT2D eigenvalue weighted by Gasteiger charge is 2.18. The van der Waals surface area contributed by atoms with Crippen molar-refractivity contribution in [1.29, 1.82) is 0 Å². The molecular formula is C13H21N3O3. The molecule has 0 heterocycles. The number of benzene rings is 1. The quantitative estimate of drug-likeness (QED) is 0.498. The van der Waals surface area contributed by atoms with E-state index in [1.165, 1.54) is 0 Å². The first-order valence-electron chi connectivity index (χ1n) is 6.49. The Hall–Kier alpha value is -1.82. The van der Waals surface area contributed by atoms with Crippen LogP contribution in [0.25, 0.3) is 0 Å². The molecule has 0 aliphatic carbocycles. The Morgan fingerprint density at radius 2 is 1.89 bits per heavy atom. The SMILES string of the molecule is CCCNc1cccc(NCCC(C)O)c1[N+](=O)[O-]. The number of nitrogens with one attached hydrogen (secondary N) is 2. The summed E-state index contributed by atoms with van der Waals surface area (Å²) in [6.45, 7) is 4.88. The molecule has 0 aliphatic heterocycles. The van der Waals surface area contributed by atoms with Gasteiger partial charge in [0.25, 0.3) is 0 Å². The molecule has 0 radical (unpaired) electrons. The van der Waals surface area contributed by atoms with Crippen molar-refractivity contribution in [2.24, 2.45) is 0 Å². The van der Waals surface area contributed by atoms with Gasteiger partial charge in [0.1, 0.15) is 11.4 Å². The van der Waals surface area contributed by atoms with Crippen molar-refractivity contribution in [1.82, 2.24) is 0 Å². The Labute approximate surface area is 113 Å². The summed E-state index contributed by atoms with van der Waals surface area (Å²) in [5.74, 6) is 0. The smallest absolute Gasteiger partial charge is 0.315 e. The van der Waals surface area contributed by atoms with Crippen molar-refractivity contribution in [3.05, 3.63) is 28.3 Å². The van der Waals surface area contributed by atoms with Crippen LogP contribution in [0.5, 0.6) is 0 Å². The molecule has 0 aliphatic rings. The summed E-state index contributed by atoms with van der Waals surface area (Å²) in [5, 5.41) is 26.4. The van der Waals surface area contributed by atoms with Crippen LogP contribution in [-0.2, 0) is 0 Å². The second-order valence-corrected chi connectivity index (χ2v) is 4.45. The number of anilines is 2. The standard InChI is InChI=1S/C13H21N3O3/c1-3-8-14-11-5-4-6-12(13(11)16(18)19)15-9-7-10(2)17/h4-6,10,14-15,17H,3,7-9H2,1-2H3. The van der Waals surface area contributed by atoms with Gasteiger partial charge in [-0.15, -0.1) is 0 Å². The molecule has 3 N–H and O–H groups in total. The van der Waals surface area contributed by atoms with Gasteiger partial charge in [0.15, 0.2) is 0 Å². The van der Waals surface area contributed by atoms with Gasteiger partial charge in [-0.1, -0.05) is 13.0 Å². The number of nitro benzene ring substituents is 1. The van der Waals surface area contributed by atoms with E-state index >= 15 is 0 Å². The predicted molar refractivity (Wildman–Crippen MR) is 76.7 cm³/mol. The fourth-order valence-corrected chi connectivity index (χ4v) is 1.70. The average Bonchev–Trinajstić information content (AvgIpc) is 2.35. The molecule has 1 aromatic rings. The molecule has 1 atom stereocenters. The lowest BCUT2D eigenvalue weighted by atomic mass is 10.2. The van der Waals surface area contributed by atoms with E-state index in [0.29, 0.717) is 30.9 Å². The van der Waals surface area contributed by atoms with Gasteiger partial charge in [-0.25, -0.2) is 0 Å². The lowest BCUT2D eigenvalue weighted by Gasteiger charge is -2.11. The number of nitro groups is 1. The topological polar surface area (TPSA) is 87.4 Å². The largest absolute Gasteiger partial charge is 0.393 e. The van der Waals surface area contributed by atoms with Crippen LogP contribution in [0.4, 0.5) is 17.1 Å². The van der Waals surface area contributed by atoms with Crippen molar-refractivity contribution in [3.63, 3.8) is 0 Å². The Morgan fingerprint density at radius 3 is 2.37 bits per heavy atom. The van der Waals surface area contributed by atoms with Gasteiger partial charge in [0.2, 0.25) is 0 Å². The normalized spacial score (nSPS) is 11.9. The molecular weight excluding hydrogens is 246 g/mol. The second kappa shape index (κ2) is 7.58. The lowest BCUT2D eigenvalue weighted by Crippen LogP contribution is -2.12. The fourth-order valence-electron chi connectivity index (χ4n) is 1.70. The number of hydrogen-bond acceptors (Lipinski definition) is 5. The lowest BCUT2D eigenvalue weighted by molar-refractivity contribution is -0.383. The molecule has 6 heteroatoms. The molecule has 1 rings (SSSR count). The van der Waals surface area contributed by atoms with Gasteiger partial charge in [0, 0.05) is 13.1 Å². The minimum atomic E-state index is -0.423. The number of hydrogen-bond donors (Lipinski definition) is 3. The molecule has 1 unspecified atom stereocenters. The number of aliphatic hydroxyl groups is 1. The first-order chi connectivity index (χ1) is 9.06. The van der Waals surface area contributed by atoms with Gasteiger partial charge in [0.05, 0.1) is 11.0 Å². The van der Waals surface area contributed by atoms with E-state index in [4.69, 9.17) is 0 Å². The van der Waals surface area contributed by atoms with Gasteiger partial charge >= 0.3 is 5.69 Å². The van der Waals surface area contributed by atoms with Crippen LogP contribution in [0.3, 0.4) is 0 Å². The molecule has 0 amide bonds. The molecule has 0 fully saturated rings. The molecule has 1 aromatic carbocycles. The minimum absolute atomic E-state index is 0.0570. The molecule has 106 valence electrons. The molecule has 6 nitrogen and oxygen atoms in total. The van der Waals surface area contributed by atoms with E-state index in [9.17, 15) is 15.2 Å². The van der Waals surface area contributed by atoms with Crippen LogP contribution >= 0.6 is 0 Å². The molecule has 0 bridgehead atoms. The summed E-state index contributed by atoms with van der Waals surface area (Å²) in [6, 6.07) is 5.15. The summed E-state index contributed by atoms with van der Waals surface area (Å²) >= 11 is 0. The number of rotatable bonds is 8. The molecule has 0 saturated heterocycles. The zero-order chi connectivity index (χ0) is 14.3. The zero-order valence-corrected chi connectivity index (χ0v) is 11.3. The van der Waals surface area contributed by atoms with Crippen molar-refractivity contribution in [2.75, 3.05) is 23.7 Å². The van der Waals surface area contributed by atoms with Crippen LogP contribution in [0, 0.1) is 10.1 Å². The van der Waals surface area contributed by atoms with Crippen LogP contribution in [0.2, 0.25) is 0 Å². The first-order valence-corrected chi connectivity index (χ1v) is 6.49. The Balaban J connectivity index is 2.86. The van der Waals surface area contributed by atoms with E-state index in [1.807, 2.05) is 6.92 Å². The van der Waals surface area contributed by atoms with Gasteiger partial charge in [-0.05, 0) is 31.9 Å². The van der Waals surface area contributed by atoms with Crippen molar-refractivity contribution in [3.8, 4) is 0 Å². The van der Waals surface area contributed by atoms with Crippen LogP contribution in [0.1, 0.15) is 26.7 Å². The van der Waals surface area contributed by atoms with E-state index < -0.39 is 6.10 Å². The molecule has 0 aromatic heterocycles. The third kappa shape index (κ3) is 4.75. The summed E-state index contributed by atoms with van der Waals surface area (Å²) < 4.78 is 0. The van der Waals surface area contributed by atoms with Crippen LogP contribution < -0.4 is 10.6 Å². The molecule has 0 spiro atoms. The maximum Gasteiger partial charge on any atom is 0.315 e. The van der Waals surface area contributed by atoms with Crippen LogP contribution in [0.15, 0.2) is 18.2 Å². The van der Waals surface area contributed by atoms with Gasteiger partial charge in [-0.3, -0.25) is 10.1 Å². The Morgan fingerprint density at radius 1 is 1.32 bits per heavy atom. The highest BCUT2D eigenvalue weighted by Crippen LogP contribution is 2.32. The fraction of sp³-hybridized carbons (Fsp3) is 0.538. The monoisotopic (exact) mass is 267 g/mol.